The lowest BCUT2D eigenvalue weighted by Gasteiger charge is -1.89. The van der Waals surface area contributed by atoms with E-state index in [0.29, 0.717) is 0 Å². The molecule has 0 saturated heterocycles. The minimum atomic E-state index is 0.776. The lowest BCUT2D eigenvalue weighted by atomic mass is 10.4. The predicted octanol–water partition coefficient (Wildman–Crippen LogP) is 4.60. The maximum Gasteiger partial charge on any atom is 0.106 e. The first-order chi connectivity index (χ1) is 6.16. The highest BCUT2D eigenvalue weighted by molar-refractivity contribution is 9.11. The molecule has 0 unspecified atom stereocenters. The highest BCUT2D eigenvalue weighted by Crippen LogP contribution is 2.36. The molecule has 13 heavy (non-hydrogen) atoms. The van der Waals surface area contributed by atoms with Crippen LogP contribution in [0.3, 0.4) is 0 Å². The van der Waals surface area contributed by atoms with Crippen molar-refractivity contribution in [3.8, 4) is 10.6 Å². The zero-order chi connectivity index (χ0) is 9.42. The molecule has 0 aliphatic rings. The van der Waals surface area contributed by atoms with Gasteiger partial charge in [0.05, 0.1) is 18.7 Å². The van der Waals surface area contributed by atoms with E-state index in [0.717, 1.165) is 24.4 Å². The van der Waals surface area contributed by atoms with Crippen molar-refractivity contribution in [1.29, 1.82) is 0 Å². The summed E-state index contributed by atoms with van der Waals surface area (Å²) in [6.07, 6.45) is 0. The lowest BCUT2D eigenvalue weighted by molar-refractivity contribution is 1.30. The SMILES string of the molecule is Cc1nc(-c2cc(Cl)cs2)c(Br)s1. The monoisotopic (exact) mass is 293 g/mol. The van der Waals surface area contributed by atoms with Crippen LogP contribution < -0.4 is 0 Å². The van der Waals surface area contributed by atoms with E-state index in [2.05, 4.69) is 20.9 Å². The summed E-state index contributed by atoms with van der Waals surface area (Å²) < 4.78 is 1.07. The topological polar surface area (TPSA) is 12.9 Å². The Morgan fingerprint density at radius 3 is 2.77 bits per heavy atom. The van der Waals surface area contributed by atoms with Gasteiger partial charge in [-0.3, -0.25) is 0 Å². The summed E-state index contributed by atoms with van der Waals surface area (Å²) in [5, 5.41) is 3.75. The van der Waals surface area contributed by atoms with Crippen molar-refractivity contribution >= 4 is 50.2 Å². The predicted molar refractivity (Wildman–Crippen MR) is 62.9 cm³/mol. The fourth-order valence-electron chi connectivity index (χ4n) is 0.991. The fraction of sp³-hybridized carbons (Fsp3) is 0.125. The Bertz CT molecular complexity index is 435. The van der Waals surface area contributed by atoms with E-state index in [9.17, 15) is 0 Å². The highest BCUT2D eigenvalue weighted by atomic mass is 79.9. The zero-order valence-corrected chi connectivity index (χ0v) is 10.6. The second-order valence-corrected chi connectivity index (χ2v) is 6.35. The number of aryl methyl sites for hydroxylation is 1. The van der Waals surface area contributed by atoms with Gasteiger partial charge >= 0.3 is 0 Å². The van der Waals surface area contributed by atoms with Gasteiger partial charge in [0.1, 0.15) is 5.69 Å². The van der Waals surface area contributed by atoms with Crippen LogP contribution in [0.15, 0.2) is 15.2 Å². The van der Waals surface area contributed by atoms with Crippen LogP contribution in [-0.2, 0) is 0 Å². The molecule has 2 aromatic heterocycles. The Morgan fingerprint density at radius 2 is 2.31 bits per heavy atom. The number of nitrogens with zero attached hydrogens (tertiary/aromatic N) is 1. The third-order valence-electron chi connectivity index (χ3n) is 1.49. The second kappa shape index (κ2) is 3.69. The number of hydrogen-bond acceptors (Lipinski definition) is 3. The van der Waals surface area contributed by atoms with E-state index in [1.54, 1.807) is 22.7 Å². The van der Waals surface area contributed by atoms with Crippen LogP contribution in [0, 0.1) is 6.92 Å². The van der Waals surface area contributed by atoms with Crippen LogP contribution in [0.4, 0.5) is 0 Å². The summed E-state index contributed by atoms with van der Waals surface area (Å²) in [7, 11) is 0. The maximum atomic E-state index is 5.84. The van der Waals surface area contributed by atoms with Crippen molar-refractivity contribution in [3.05, 3.63) is 25.3 Å². The molecule has 2 heterocycles. The molecule has 0 spiro atoms. The van der Waals surface area contributed by atoms with Crippen molar-refractivity contribution < 1.29 is 0 Å². The normalized spacial score (nSPS) is 10.7. The summed E-state index contributed by atoms with van der Waals surface area (Å²) >= 11 is 12.6. The van der Waals surface area contributed by atoms with Gasteiger partial charge in [0, 0.05) is 5.38 Å². The first-order valence-electron chi connectivity index (χ1n) is 3.54. The standard InChI is InChI=1S/C8H5BrClNS2/c1-4-11-7(8(9)13-4)6-2-5(10)3-12-6/h2-3H,1H3. The quantitative estimate of drug-likeness (QED) is 0.749. The first-order valence-corrected chi connectivity index (χ1v) is 6.41. The first kappa shape index (κ1) is 9.65. The van der Waals surface area contributed by atoms with Crippen LogP contribution in [0.5, 0.6) is 0 Å². The number of hydrogen-bond donors (Lipinski definition) is 0. The van der Waals surface area contributed by atoms with Gasteiger partial charge in [-0.05, 0) is 28.9 Å². The summed E-state index contributed by atoms with van der Waals surface area (Å²) in [6.45, 7) is 1.99. The highest BCUT2D eigenvalue weighted by Gasteiger charge is 2.10. The van der Waals surface area contributed by atoms with Crippen molar-refractivity contribution in [2.24, 2.45) is 0 Å². The van der Waals surface area contributed by atoms with Crippen LogP contribution in [0.1, 0.15) is 5.01 Å². The molecular weight excluding hydrogens is 290 g/mol. The molecule has 0 aliphatic carbocycles. The summed E-state index contributed by atoms with van der Waals surface area (Å²) in [5.41, 5.74) is 0.999. The van der Waals surface area contributed by atoms with E-state index in [4.69, 9.17) is 11.6 Å². The lowest BCUT2D eigenvalue weighted by Crippen LogP contribution is -1.72. The minimum Gasteiger partial charge on any atom is -0.239 e. The molecule has 0 saturated carbocycles. The average molecular weight is 295 g/mol. The van der Waals surface area contributed by atoms with Crippen molar-refractivity contribution in [1.82, 2.24) is 4.98 Å². The largest absolute Gasteiger partial charge is 0.239 e. The third kappa shape index (κ3) is 1.96. The molecule has 5 heteroatoms. The van der Waals surface area contributed by atoms with Gasteiger partial charge in [0.25, 0.3) is 0 Å². The summed E-state index contributed by atoms with van der Waals surface area (Å²) in [6, 6.07) is 1.94. The smallest absolute Gasteiger partial charge is 0.106 e. The van der Waals surface area contributed by atoms with Gasteiger partial charge in [-0.25, -0.2) is 4.98 Å². The van der Waals surface area contributed by atoms with Crippen LogP contribution >= 0.6 is 50.2 Å². The molecule has 0 aliphatic heterocycles. The van der Waals surface area contributed by atoms with Crippen molar-refractivity contribution in [3.63, 3.8) is 0 Å². The van der Waals surface area contributed by atoms with Gasteiger partial charge in [0.15, 0.2) is 0 Å². The third-order valence-corrected chi connectivity index (χ3v) is 4.40. The van der Waals surface area contributed by atoms with Gasteiger partial charge in [0.2, 0.25) is 0 Å². The Balaban J connectivity index is 2.51. The van der Waals surface area contributed by atoms with E-state index < -0.39 is 0 Å². The van der Waals surface area contributed by atoms with Crippen molar-refractivity contribution in [2.45, 2.75) is 6.92 Å². The summed E-state index contributed by atoms with van der Waals surface area (Å²) in [5.74, 6) is 0. The Kier molecular flexibility index (Phi) is 2.74. The Morgan fingerprint density at radius 1 is 1.54 bits per heavy atom. The molecule has 2 aromatic rings. The number of aromatic nitrogens is 1. The molecule has 0 atom stereocenters. The molecule has 0 radical (unpaired) electrons. The molecular formula is C8H5BrClNS2. The van der Waals surface area contributed by atoms with Gasteiger partial charge in [-0.2, -0.15) is 0 Å². The van der Waals surface area contributed by atoms with Crippen LogP contribution in [-0.4, -0.2) is 4.98 Å². The van der Waals surface area contributed by atoms with Crippen LogP contribution in [0.25, 0.3) is 10.6 Å². The minimum absolute atomic E-state index is 0.776. The average Bonchev–Trinajstić information content (AvgIpc) is 2.58. The number of thiazole rings is 1. The molecule has 0 N–H and O–H groups in total. The van der Waals surface area contributed by atoms with E-state index in [1.807, 2.05) is 18.4 Å². The molecule has 0 amide bonds. The molecule has 0 bridgehead atoms. The summed E-state index contributed by atoms with van der Waals surface area (Å²) in [4.78, 5) is 5.53. The Labute approximate surface area is 97.5 Å². The van der Waals surface area contributed by atoms with Gasteiger partial charge in [-0.1, -0.05) is 11.6 Å². The zero-order valence-electron chi connectivity index (χ0n) is 6.67. The van der Waals surface area contributed by atoms with E-state index in [-0.39, 0.29) is 0 Å². The molecule has 2 rings (SSSR count). The van der Waals surface area contributed by atoms with E-state index in [1.165, 1.54) is 0 Å². The van der Waals surface area contributed by atoms with Crippen LogP contribution in [0.2, 0.25) is 5.02 Å². The maximum absolute atomic E-state index is 5.84. The van der Waals surface area contributed by atoms with Gasteiger partial charge in [-0.15, -0.1) is 22.7 Å². The Hall–Kier alpha value is 0.1000. The van der Waals surface area contributed by atoms with Gasteiger partial charge < -0.3 is 0 Å². The molecule has 0 fully saturated rings. The number of thiophene rings is 1. The second-order valence-electron chi connectivity index (χ2n) is 2.48. The molecule has 0 aromatic carbocycles. The molecule has 68 valence electrons. The number of rotatable bonds is 1. The number of halogens is 2. The van der Waals surface area contributed by atoms with E-state index >= 15 is 0 Å². The van der Waals surface area contributed by atoms with Crippen molar-refractivity contribution in [2.75, 3.05) is 0 Å². The molecule has 1 nitrogen and oxygen atoms in total. The fourth-order valence-corrected chi connectivity index (χ4v) is 3.91.